The van der Waals surface area contributed by atoms with Gasteiger partial charge in [0.25, 0.3) is 0 Å². The summed E-state index contributed by atoms with van der Waals surface area (Å²) in [4.78, 5) is 10.8. The number of nitrogens with zero attached hydrogens (tertiary/aromatic N) is 4. The summed E-state index contributed by atoms with van der Waals surface area (Å²) in [7, 11) is 0. The number of likely N-dealkylation sites (tertiary alicyclic amines) is 1. The SMILES string of the molecule is Fc1ccc(C2(c3noc(CN4CCC(c5cccc(C(F)(F)F)n5)CC4)n3)CCCCC2)cc1. The highest BCUT2D eigenvalue weighted by atomic mass is 19.4. The molecule has 0 amide bonds. The Morgan fingerprint density at radius 3 is 2.34 bits per heavy atom. The summed E-state index contributed by atoms with van der Waals surface area (Å²) < 4.78 is 58.2. The highest BCUT2D eigenvalue weighted by Gasteiger charge is 2.40. The summed E-state index contributed by atoms with van der Waals surface area (Å²) in [5.41, 5.74) is 0.308. The number of pyridine rings is 1. The number of halogens is 4. The molecule has 1 saturated carbocycles. The van der Waals surface area contributed by atoms with Crippen LogP contribution in [0.4, 0.5) is 17.6 Å². The van der Waals surface area contributed by atoms with Crippen molar-refractivity contribution in [2.45, 2.75) is 69.0 Å². The van der Waals surface area contributed by atoms with Crippen LogP contribution < -0.4 is 0 Å². The van der Waals surface area contributed by atoms with Gasteiger partial charge in [-0.05, 0) is 68.6 Å². The molecule has 35 heavy (non-hydrogen) atoms. The van der Waals surface area contributed by atoms with Crippen LogP contribution in [0.25, 0.3) is 0 Å². The molecule has 1 aromatic carbocycles. The largest absolute Gasteiger partial charge is 0.433 e. The van der Waals surface area contributed by atoms with E-state index in [1.165, 1.54) is 18.2 Å². The van der Waals surface area contributed by atoms with E-state index >= 15 is 0 Å². The third-order valence-corrected chi connectivity index (χ3v) is 7.43. The summed E-state index contributed by atoms with van der Waals surface area (Å²) in [6.45, 7) is 1.92. The van der Waals surface area contributed by atoms with Crippen molar-refractivity contribution in [2.24, 2.45) is 0 Å². The number of hydrogen-bond acceptors (Lipinski definition) is 5. The molecule has 3 aromatic rings. The lowest BCUT2D eigenvalue weighted by Gasteiger charge is -2.35. The van der Waals surface area contributed by atoms with E-state index in [1.807, 2.05) is 12.1 Å². The topological polar surface area (TPSA) is 55.1 Å². The van der Waals surface area contributed by atoms with Crippen LogP contribution in [0.2, 0.25) is 0 Å². The minimum absolute atomic E-state index is 0.00391. The number of piperidine rings is 1. The minimum atomic E-state index is -4.43. The zero-order valence-corrected chi connectivity index (χ0v) is 19.4. The molecular formula is C26H28F4N4O. The van der Waals surface area contributed by atoms with Gasteiger partial charge in [-0.2, -0.15) is 18.2 Å². The first kappa shape index (κ1) is 23.9. The van der Waals surface area contributed by atoms with Crippen LogP contribution in [0.5, 0.6) is 0 Å². The molecule has 0 bridgehead atoms. The Hall–Kier alpha value is -2.81. The van der Waals surface area contributed by atoms with Crippen LogP contribution in [0, 0.1) is 5.82 Å². The van der Waals surface area contributed by atoms with Crippen LogP contribution >= 0.6 is 0 Å². The van der Waals surface area contributed by atoms with Crippen molar-refractivity contribution in [3.8, 4) is 0 Å². The molecule has 2 aromatic heterocycles. The van der Waals surface area contributed by atoms with Crippen molar-refractivity contribution in [3.63, 3.8) is 0 Å². The van der Waals surface area contributed by atoms with Gasteiger partial charge in [0.2, 0.25) is 5.89 Å². The number of hydrogen-bond donors (Lipinski definition) is 0. The predicted octanol–water partition coefficient (Wildman–Crippen LogP) is 6.25. The Balaban J connectivity index is 1.25. The molecule has 2 fully saturated rings. The molecule has 0 atom stereocenters. The predicted molar refractivity (Wildman–Crippen MR) is 121 cm³/mol. The lowest BCUT2D eigenvalue weighted by atomic mass is 9.69. The van der Waals surface area contributed by atoms with Gasteiger partial charge in [0.05, 0.1) is 12.0 Å². The average Bonchev–Trinajstić information content (AvgIpc) is 3.34. The first-order valence-electron chi connectivity index (χ1n) is 12.2. The fraction of sp³-hybridized carbons (Fsp3) is 0.500. The highest BCUT2D eigenvalue weighted by molar-refractivity contribution is 5.33. The van der Waals surface area contributed by atoms with Gasteiger partial charge in [0.15, 0.2) is 5.82 Å². The lowest BCUT2D eigenvalue weighted by molar-refractivity contribution is -0.141. The highest BCUT2D eigenvalue weighted by Crippen LogP contribution is 2.43. The van der Waals surface area contributed by atoms with Crippen LogP contribution in [0.15, 0.2) is 47.0 Å². The van der Waals surface area contributed by atoms with Crippen molar-refractivity contribution in [1.29, 1.82) is 0 Å². The Morgan fingerprint density at radius 1 is 0.943 bits per heavy atom. The molecule has 2 aliphatic rings. The van der Waals surface area contributed by atoms with Gasteiger partial charge in [-0.3, -0.25) is 4.90 Å². The average molecular weight is 489 g/mol. The molecule has 186 valence electrons. The van der Waals surface area contributed by atoms with Crippen molar-refractivity contribution in [2.75, 3.05) is 13.1 Å². The summed E-state index contributed by atoms with van der Waals surface area (Å²) in [6, 6.07) is 10.7. The van der Waals surface area contributed by atoms with Gasteiger partial charge < -0.3 is 4.52 Å². The smallest absolute Gasteiger partial charge is 0.338 e. The van der Waals surface area contributed by atoms with Crippen molar-refractivity contribution >= 4 is 0 Å². The van der Waals surface area contributed by atoms with E-state index in [4.69, 9.17) is 9.51 Å². The number of benzene rings is 1. The Morgan fingerprint density at radius 2 is 1.66 bits per heavy atom. The van der Waals surface area contributed by atoms with Gasteiger partial charge in [-0.1, -0.05) is 42.6 Å². The molecule has 0 radical (unpaired) electrons. The number of rotatable bonds is 5. The van der Waals surface area contributed by atoms with Crippen LogP contribution in [-0.4, -0.2) is 33.1 Å². The molecule has 0 unspecified atom stereocenters. The van der Waals surface area contributed by atoms with E-state index in [2.05, 4.69) is 15.0 Å². The first-order chi connectivity index (χ1) is 16.8. The second-order valence-corrected chi connectivity index (χ2v) is 9.66. The van der Waals surface area contributed by atoms with Gasteiger partial charge in [-0.25, -0.2) is 9.37 Å². The molecule has 1 aliphatic carbocycles. The van der Waals surface area contributed by atoms with Gasteiger partial charge in [0, 0.05) is 11.6 Å². The second-order valence-electron chi connectivity index (χ2n) is 9.66. The van der Waals surface area contributed by atoms with Crippen LogP contribution in [0.3, 0.4) is 0 Å². The Labute approximate surface area is 201 Å². The summed E-state index contributed by atoms with van der Waals surface area (Å²) in [5.74, 6) is 0.914. The quantitative estimate of drug-likeness (QED) is 0.397. The van der Waals surface area contributed by atoms with Gasteiger partial charge in [0.1, 0.15) is 11.5 Å². The summed E-state index contributed by atoms with van der Waals surface area (Å²) >= 11 is 0. The third kappa shape index (κ3) is 5.10. The fourth-order valence-corrected chi connectivity index (χ4v) is 5.49. The molecule has 3 heterocycles. The van der Waals surface area contributed by atoms with Crippen molar-refractivity contribution in [1.82, 2.24) is 20.0 Å². The third-order valence-electron chi connectivity index (χ3n) is 7.43. The summed E-state index contributed by atoms with van der Waals surface area (Å²) in [5, 5.41) is 4.35. The number of aromatic nitrogens is 3. The van der Waals surface area contributed by atoms with E-state index in [-0.39, 0.29) is 17.2 Å². The molecule has 1 saturated heterocycles. The normalized spacial score (nSPS) is 19.7. The van der Waals surface area contributed by atoms with Gasteiger partial charge in [-0.15, -0.1) is 0 Å². The van der Waals surface area contributed by atoms with E-state index in [1.54, 1.807) is 6.07 Å². The molecule has 0 N–H and O–H groups in total. The Kier molecular flexibility index (Phi) is 6.61. The van der Waals surface area contributed by atoms with Crippen LogP contribution in [0.1, 0.15) is 79.5 Å². The lowest BCUT2D eigenvalue weighted by Crippen LogP contribution is -2.33. The minimum Gasteiger partial charge on any atom is -0.338 e. The standard InChI is InChI=1S/C26H28F4N4O/c27-20-9-7-19(8-10-20)25(13-2-1-3-14-25)24-32-23(35-33-24)17-34-15-11-18(12-16-34)21-5-4-6-22(31-21)26(28,29)30/h4-10,18H,1-3,11-17H2. The zero-order chi connectivity index (χ0) is 24.5. The van der Waals surface area contributed by atoms with Crippen molar-refractivity contribution in [3.05, 3.63) is 76.9 Å². The fourth-order valence-electron chi connectivity index (χ4n) is 5.49. The molecule has 9 heteroatoms. The Bertz CT molecular complexity index is 1130. The zero-order valence-electron chi connectivity index (χ0n) is 19.4. The molecule has 5 rings (SSSR count). The molecule has 5 nitrogen and oxygen atoms in total. The first-order valence-corrected chi connectivity index (χ1v) is 12.2. The second kappa shape index (κ2) is 9.68. The van der Waals surface area contributed by atoms with Gasteiger partial charge >= 0.3 is 6.18 Å². The summed E-state index contributed by atoms with van der Waals surface area (Å²) in [6.07, 6.45) is 2.06. The van der Waals surface area contributed by atoms with E-state index < -0.39 is 11.9 Å². The van der Waals surface area contributed by atoms with E-state index in [0.29, 0.717) is 37.0 Å². The maximum absolute atomic E-state index is 13.5. The van der Waals surface area contributed by atoms with E-state index in [9.17, 15) is 17.6 Å². The van der Waals surface area contributed by atoms with Crippen LogP contribution in [-0.2, 0) is 18.1 Å². The molecule has 0 spiro atoms. The number of alkyl halides is 3. The van der Waals surface area contributed by atoms with Crippen molar-refractivity contribution < 1.29 is 22.1 Å². The molecular weight excluding hydrogens is 460 g/mol. The van der Waals surface area contributed by atoms with E-state index in [0.717, 1.165) is 56.6 Å². The molecule has 1 aliphatic heterocycles. The monoisotopic (exact) mass is 488 g/mol. The maximum atomic E-state index is 13.5. The maximum Gasteiger partial charge on any atom is 0.433 e.